The van der Waals surface area contributed by atoms with E-state index in [-0.39, 0.29) is 11.9 Å². The van der Waals surface area contributed by atoms with Crippen LogP contribution in [0.5, 0.6) is 0 Å². The second kappa shape index (κ2) is 7.70. The molecule has 0 spiro atoms. The van der Waals surface area contributed by atoms with Crippen LogP contribution in [0.2, 0.25) is 0 Å². The van der Waals surface area contributed by atoms with E-state index in [1.807, 2.05) is 18.3 Å². The molecule has 0 saturated carbocycles. The number of nitrogens with zero attached hydrogens (tertiary/aromatic N) is 2. The monoisotopic (exact) mass is 348 g/mol. The summed E-state index contributed by atoms with van der Waals surface area (Å²) >= 11 is 0. The molecular formula is C21H24N4O. The number of H-pyrrole nitrogens is 1. The Kier molecular flexibility index (Phi) is 4.97. The first-order valence-electron chi connectivity index (χ1n) is 9.24. The molecule has 1 aliphatic rings. The quantitative estimate of drug-likeness (QED) is 0.745. The van der Waals surface area contributed by atoms with Crippen molar-refractivity contribution in [1.29, 1.82) is 0 Å². The molecule has 4 rings (SSSR count). The van der Waals surface area contributed by atoms with Crippen molar-refractivity contribution < 1.29 is 4.79 Å². The molecule has 1 saturated heterocycles. The molecule has 2 aromatic heterocycles. The van der Waals surface area contributed by atoms with Gasteiger partial charge in [-0.1, -0.05) is 30.3 Å². The third kappa shape index (κ3) is 3.94. The Balaban J connectivity index is 1.27. The zero-order valence-corrected chi connectivity index (χ0v) is 14.8. The lowest BCUT2D eigenvalue weighted by Crippen LogP contribution is -2.44. The number of likely N-dealkylation sites (tertiary alicyclic amines) is 1. The Morgan fingerprint density at radius 1 is 1.15 bits per heavy atom. The lowest BCUT2D eigenvalue weighted by Gasteiger charge is -2.32. The number of aromatic nitrogens is 2. The summed E-state index contributed by atoms with van der Waals surface area (Å²) in [5.74, 6) is 0.0938. The van der Waals surface area contributed by atoms with Gasteiger partial charge in [0, 0.05) is 43.5 Å². The van der Waals surface area contributed by atoms with Crippen molar-refractivity contribution in [3.8, 4) is 0 Å². The van der Waals surface area contributed by atoms with Crippen molar-refractivity contribution >= 4 is 16.9 Å². The number of rotatable bonds is 5. The van der Waals surface area contributed by atoms with E-state index in [0.29, 0.717) is 6.42 Å². The summed E-state index contributed by atoms with van der Waals surface area (Å²) < 4.78 is 0. The van der Waals surface area contributed by atoms with E-state index in [2.05, 4.69) is 50.5 Å². The minimum absolute atomic E-state index is 0.0938. The van der Waals surface area contributed by atoms with Crippen molar-refractivity contribution in [2.75, 3.05) is 13.1 Å². The van der Waals surface area contributed by atoms with Gasteiger partial charge in [0.05, 0.1) is 6.42 Å². The molecule has 0 radical (unpaired) electrons. The van der Waals surface area contributed by atoms with E-state index >= 15 is 0 Å². The van der Waals surface area contributed by atoms with Crippen molar-refractivity contribution in [3.63, 3.8) is 0 Å². The minimum atomic E-state index is 0.0938. The van der Waals surface area contributed by atoms with Gasteiger partial charge < -0.3 is 10.3 Å². The van der Waals surface area contributed by atoms with Gasteiger partial charge in [0.25, 0.3) is 0 Å². The van der Waals surface area contributed by atoms with E-state index in [4.69, 9.17) is 0 Å². The normalized spacial score (nSPS) is 16.0. The van der Waals surface area contributed by atoms with Gasteiger partial charge in [0.15, 0.2) is 0 Å². The van der Waals surface area contributed by atoms with Gasteiger partial charge >= 0.3 is 0 Å². The zero-order chi connectivity index (χ0) is 17.8. The first-order chi connectivity index (χ1) is 12.8. The van der Waals surface area contributed by atoms with E-state index in [9.17, 15) is 4.79 Å². The van der Waals surface area contributed by atoms with Gasteiger partial charge in [0.2, 0.25) is 5.91 Å². The third-order valence-corrected chi connectivity index (χ3v) is 5.09. The number of hydrogen-bond donors (Lipinski definition) is 2. The molecule has 0 bridgehead atoms. The summed E-state index contributed by atoms with van der Waals surface area (Å²) in [7, 11) is 0. The second-order valence-corrected chi connectivity index (χ2v) is 6.99. The molecule has 5 nitrogen and oxygen atoms in total. The Bertz CT molecular complexity index is 866. The standard InChI is InChI=1S/C21H24N4O/c26-20(13-17-14-23-21-19(17)7-4-10-22-21)24-18-8-11-25(12-9-18)15-16-5-2-1-3-6-16/h1-7,10,14,18H,8-9,11-13,15H2,(H,22,23)(H,24,26). The number of carbonyl (C=O) groups is 1. The molecule has 5 heteroatoms. The third-order valence-electron chi connectivity index (χ3n) is 5.09. The van der Waals surface area contributed by atoms with Gasteiger partial charge in [0.1, 0.15) is 5.65 Å². The van der Waals surface area contributed by atoms with Crippen LogP contribution in [0.4, 0.5) is 0 Å². The average Bonchev–Trinajstić information content (AvgIpc) is 3.07. The molecular weight excluding hydrogens is 324 g/mol. The summed E-state index contributed by atoms with van der Waals surface area (Å²) in [5.41, 5.74) is 3.19. The molecule has 1 aromatic carbocycles. The molecule has 1 aliphatic heterocycles. The van der Waals surface area contributed by atoms with Crippen LogP contribution in [-0.4, -0.2) is 39.9 Å². The molecule has 2 N–H and O–H groups in total. The van der Waals surface area contributed by atoms with Crippen LogP contribution in [0.1, 0.15) is 24.0 Å². The van der Waals surface area contributed by atoms with E-state index in [1.165, 1.54) is 5.56 Å². The summed E-state index contributed by atoms with van der Waals surface area (Å²) in [6, 6.07) is 14.7. The summed E-state index contributed by atoms with van der Waals surface area (Å²) in [6.45, 7) is 3.04. The van der Waals surface area contributed by atoms with Crippen LogP contribution in [0.3, 0.4) is 0 Å². The molecule has 1 fully saturated rings. The average molecular weight is 348 g/mol. The Labute approximate surface area is 153 Å². The minimum Gasteiger partial charge on any atom is -0.353 e. The van der Waals surface area contributed by atoms with Gasteiger partial charge in [-0.2, -0.15) is 0 Å². The van der Waals surface area contributed by atoms with Gasteiger partial charge in [-0.3, -0.25) is 9.69 Å². The van der Waals surface area contributed by atoms with Gasteiger partial charge in [-0.15, -0.1) is 0 Å². The molecule has 0 aliphatic carbocycles. The Hall–Kier alpha value is -2.66. The maximum Gasteiger partial charge on any atom is 0.224 e. The number of piperidine rings is 1. The van der Waals surface area contributed by atoms with Gasteiger partial charge in [-0.25, -0.2) is 4.98 Å². The number of amides is 1. The number of hydrogen-bond acceptors (Lipinski definition) is 3. The number of nitrogens with one attached hydrogen (secondary N) is 2. The smallest absolute Gasteiger partial charge is 0.224 e. The summed E-state index contributed by atoms with van der Waals surface area (Å²) in [5, 5.41) is 4.23. The lowest BCUT2D eigenvalue weighted by atomic mass is 10.0. The predicted octanol–water partition coefficient (Wildman–Crippen LogP) is 2.89. The topological polar surface area (TPSA) is 61.0 Å². The van der Waals surface area contributed by atoms with Crippen molar-refractivity contribution in [3.05, 3.63) is 66.0 Å². The van der Waals surface area contributed by atoms with E-state index in [0.717, 1.165) is 49.1 Å². The Morgan fingerprint density at radius 2 is 1.96 bits per heavy atom. The highest BCUT2D eigenvalue weighted by Crippen LogP contribution is 2.17. The van der Waals surface area contributed by atoms with Crippen LogP contribution >= 0.6 is 0 Å². The first kappa shape index (κ1) is 16.8. The number of aromatic amines is 1. The zero-order valence-electron chi connectivity index (χ0n) is 14.8. The first-order valence-corrected chi connectivity index (χ1v) is 9.24. The number of pyridine rings is 1. The molecule has 26 heavy (non-hydrogen) atoms. The van der Waals surface area contributed by atoms with Crippen LogP contribution in [0, 0.1) is 0 Å². The van der Waals surface area contributed by atoms with E-state index in [1.54, 1.807) is 6.20 Å². The van der Waals surface area contributed by atoms with Crippen LogP contribution < -0.4 is 5.32 Å². The largest absolute Gasteiger partial charge is 0.353 e. The maximum atomic E-state index is 12.4. The molecule has 0 unspecified atom stereocenters. The number of carbonyl (C=O) groups excluding carboxylic acids is 1. The second-order valence-electron chi connectivity index (χ2n) is 6.99. The fraction of sp³-hybridized carbons (Fsp3) is 0.333. The highest BCUT2D eigenvalue weighted by Gasteiger charge is 2.21. The number of fused-ring (bicyclic) bond motifs is 1. The Morgan fingerprint density at radius 3 is 2.77 bits per heavy atom. The summed E-state index contributed by atoms with van der Waals surface area (Å²) in [6.07, 6.45) is 6.06. The van der Waals surface area contributed by atoms with Crippen molar-refractivity contribution in [2.24, 2.45) is 0 Å². The molecule has 134 valence electrons. The molecule has 1 amide bonds. The fourth-order valence-electron chi connectivity index (χ4n) is 3.69. The van der Waals surface area contributed by atoms with Crippen LogP contribution in [-0.2, 0) is 17.8 Å². The highest BCUT2D eigenvalue weighted by molar-refractivity contribution is 5.87. The van der Waals surface area contributed by atoms with Gasteiger partial charge in [-0.05, 0) is 36.1 Å². The van der Waals surface area contributed by atoms with E-state index < -0.39 is 0 Å². The highest BCUT2D eigenvalue weighted by atomic mass is 16.1. The molecule has 3 aromatic rings. The number of benzene rings is 1. The van der Waals surface area contributed by atoms with Crippen LogP contribution in [0.15, 0.2) is 54.9 Å². The van der Waals surface area contributed by atoms with Crippen LogP contribution in [0.25, 0.3) is 11.0 Å². The van der Waals surface area contributed by atoms with Crippen molar-refractivity contribution in [2.45, 2.75) is 31.8 Å². The predicted molar refractivity (Wildman–Crippen MR) is 103 cm³/mol. The SMILES string of the molecule is O=C(Cc1c[nH]c2ncccc12)NC1CCN(Cc2ccccc2)CC1. The molecule has 0 atom stereocenters. The fourth-order valence-corrected chi connectivity index (χ4v) is 3.69. The van der Waals surface area contributed by atoms with Crippen molar-refractivity contribution in [1.82, 2.24) is 20.2 Å². The lowest BCUT2D eigenvalue weighted by molar-refractivity contribution is -0.121. The summed E-state index contributed by atoms with van der Waals surface area (Å²) in [4.78, 5) is 22.3. The maximum absolute atomic E-state index is 12.4. The molecule has 3 heterocycles.